The minimum atomic E-state index is 0.831. The van der Waals surface area contributed by atoms with E-state index in [4.69, 9.17) is 0 Å². The largest absolute Gasteiger partial charge is 0.355 e. The van der Waals surface area contributed by atoms with Crippen molar-refractivity contribution in [3.05, 3.63) is 35.5 Å². The number of imidazole rings is 1. The summed E-state index contributed by atoms with van der Waals surface area (Å²) in [6.45, 7) is 4.38. The van der Waals surface area contributed by atoms with Crippen LogP contribution in [0.25, 0.3) is 5.69 Å². The van der Waals surface area contributed by atoms with Crippen LogP contribution < -0.4 is 4.90 Å². The van der Waals surface area contributed by atoms with Gasteiger partial charge in [0.15, 0.2) is 0 Å². The molecule has 1 fully saturated rings. The van der Waals surface area contributed by atoms with Gasteiger partial charge >= 0.3 is 0 Å². The Labute approximate surface area is 127 Å². The van der Waals surface area contributed by atoms with E-state index in [2.05, 4.69) is 54.9 Å². The van der Waals surface area contributed by atoms with Crippen molar-refractivity contribution in [3.63, 3.8) is 0 Å². The summed E-state index contributed by atoms with van der Waals surface area (Å²) in [5.74, 6) is 1.06. The molecule has 0 amide bonds. The van der Waals surface area contributed by atoms with Crippen LogP contribution >= 0.6 is 15.9 Å². The standard InChI is InChI=1S/C14H18BrN5/c1-18-5-2-6-19(8-7-18)14-4-3-12(9-16-14)20-10-13(15)17-11-20/h3-4,9-11H,2,5-8H2,1H3. The molecule has 5 nitrogen and oxygen atoms in total. The first-order valence-corrected chi connectivity index (χ1v) is 7.61. The van der Waals surface area contributed by atoms with Gasteiger partial charge in [-0.1, -0.05) is 0 Å². The van der Waals surface area contributed by atoms with E-state index in [9.17, 15) is 0 Å². The molecule has 2 aromatic heterocycles. The second-order valence-electron chi connectivity index (χ2n) is 5.12. The topological polar surface area (TPSA) is 37.2 Å². The maximum absolute atomic E-state index is 4.60. The fourth-order valence-corrected chi connectivity index (χ4v) is 2.75. The summed E-state index contributed by atoms with van der Waals surface area (Å²) >= 11 is 3.36. The molecular formula is C14H18BrN5. The fraction of sp³-hybridized carbons (Fsp3) is 0.429. The van der Waals surface area contributed by atoms with E-state index in [1.54, 1.807) is 6.33 Å². The van der Waals surface area contributed by atoms with E-state index in [0.717, 1.165) is 42.3 Å². The molecule has 0 spiro atoms. The number of likely N-dealkylation sites (N-methyl/N-ethyl adjacent to an activating group) is 1. The van der Waals surface area contributed by atoms with E-state index in [0.29, 0.717) is 0 Å². The quantitative estimate of drug-likeness (QED) is 0.842. The molecule has 3 rings (SSSR count). The lowest BCUT2D eigenvalue weighted by Crippen LogP contribution is -2.29. The first-order valence-electron chi connectivity index (χ1n) is 6.82. The Bertz CT molecular complexity index is 565. The molecule has 0 aromatic carbocycles. The molecule has 0 saturated carbocycles. The van der Waals surface area contributed by atoms with Crippen molar-refractivity contribution in [2.75, 3.05) is 38.1 Å². The zero-order chi connectivity index (χ0) is 13.9. The van der Waals surface area contributed by atoms with E-state index in [1.165, 1.54) is 6.42 Å². The molecule has 0 atom stereocenters. The van der Waals surface area contributed by atoms with Crippen molar-refractivity contribution in [2.24, 2.45) is 0 Å². The van der Waals surface area contributed by atoms with Crippen LogP contribution in [-0.2, 0) is 0 Å². The minimum absolute atomic E-state index is 0.831. The summed E-state index contributed by atoms with van der Waals surface area (Å²) in [6.07, 6.45) is 6.80. The SMILES string of the molecule is CN1CCCN(c2ccc(-n3cnc(Br)c3)cn2)CC1. The van der Waals surface area contributed by atoms with Gasteiger partial charge in [0.2, 0.25) is 0 Å². The molecule has 1 saturated heterocycles. The van der Waals surface area contributed by atoms with Gasteiger partial charge in [-0.05, 0) is 48.1 Å². The molecule has 1 aliphatic heterocycles. The lowest BCUT2D eigenvalue weighted by Gasteiger charge is -2.21. The van der Waals surface area contributed by atoms with Crippen LogP contribution in [0.5, 0.6) is 0 Å². The molecule has 106 valence electrons. The van der Waals surface area contributed by atoms with Crippen molar-refractivity contribution < 1.29 is 0 Å². The van der Waals surface area contributed by atoms with Gasteiger partial charge in [0.05, 0.1) is 11.9 Å². The van der Waals surface area contributed by atoms with Gasteiger partial charge in [0.25, 0.3) is 0 Å². The first-order chi connectivity index (χ1) is 9.72. The van der Waals surface area contributed by atoms with Crippen LogP contribution in [0.4, 0.5) is 5.82 Å². The summed E-state index contributed by atoms with van der Waals surface area (Å²) in [6, 6.07) is 4.18. The predicted molar refractivity (Wildman–Crippen MR) is 83.4 cm³/mol. The van der Waals surface area contributed by atoms with Crippen LogP contribution in [0.2, 0.25) is 0 Å². The number of anilines is 1. The molecular weight excluding hydrogens is 318 g/mol. The number of hydrogen-bond donors (Lipinski definition) is 0. The highest BCUT2D eigenvalue weighted by Gasteiger charge is 2.13. The first kappa shape index (κ1) is 13.6. The van der Waals surface area contributed by atoms with E-state index in [-0.39, 0.29) is 0 Å². The van der Waals surface area contributed by atoms with Crippen LogP contribution in [0.15, 0.2) is 35.5 Å². The predicted octanol–water partition coefficient (Wildman–Crippen LogP) is 2.17. The Morgan fingerprint density at radius 2 is 2.00 bits per heavy atom. The average molecular weight is 336 g/mol. The number of hydrogen-bond acceptors (Lipinski definition) is 4. The van der Waals surface area contributed by atoms with Crippen molar-refractivity contribution in [2.45, 2.75) is 6.42 Å². The third-order valence-corrected chi connectivity index (χ3v) is 4.03. The summed E-state index contributed by atoms with van der Waals surface area (Å²) in [4.78, 5) is 13.5. The van der Waals surface area contributed by atoms with Crippen LogP contribution in [0.1, 0.15) is 6.42 Å². The smallest absolute Gasteiger partial charge is 0.128 e. The second-order valence-corrected chi connectivity index (χ2v) is 5.93. The molecule has 0 unspecified atom stereocenters. The highest BCUT2D eigenvalue weighted by molar-refractivity contribution is 9.10. The van der Waals surface area contributed by atoms with Gasteiger partial charge < -0.3 is 14.4 Å². The molecule has 1 aliphatic rings. The molecule has 20 heavy (non-hydrogen) atoms. The lowest BCUT2D eigenvalue weighted by atomic mass is 10.3. The monoisotopic (exact) mass is 335 g/mol. The van der Waals surface area contributed by atoms with Crippen LogP contribution in [0, 0.1) is 0 Å². The zero-order valence-corrected chi connectivity index (χ0v) is 13.1. The average Bonchev–Trinajstić information content (AvgIpc) is 2.77. The highest BCUT2D eigenvalue weighted by Crippen LogP contribution is 2.17. The van der Waals surface area contributed by atoms with Crippen molar-refractivity contribution in [1.82, 2.24) is 19.4 Å². The van der Waals surface area contributed by atoms with Gasteiger partial charge in [-0.15, -0.1) is 0 Å². The van der Waals surface area contributed by atoms with Gasteiger partial charge in [-0.2, -0.15) is 0 Å². The molecule has 6 heteroatoms. The van der Waals surface area contributed by atoms with Crippen LogP contribution in [0.3, 0.4) is 0 Å². The maximum atomic E-state index is 4.60. The van der Waals surface area contributed by atoms with E-state index >= 15 is 0 Å². The summed E-state index contributed by atoms with van der Waals surface area (Å²) in [5.41, 5.74) is 1.03. The molecule has 0 N–H and O–H groups in total. The van der Waals surface area contributed by atoms with Crippen molar-refractivity contribution in [3.8, 4) is 5.69 Å². The Morgan fingerprint density at radius 3 is 2.70 bits per heavy atom. The van der Waals surface area contributed by atoms with Crippen molar-refractivity contribution >= 4 is 21.7 Å². The molecule has 3 heterocycles. The Balaban J connectivity index is 1.75. The second kappa shape index (κ2) is 5.93. The molecule has 0 bridgehead atoms. The van der Waals surface area contributed by atoms with Crippen molar-refractivity contribution in [1.29, 1.82) is 0 Å². The Kier molecular flexibility index (Phi) is 4.03. The summed E-state index contributed by atoms with van der Waals surface area (Å²) < 4.78 is 2.79. The zero-order valence-electron chi connectivity index (χ0n) is 11.5. The Morgan fingerprint density at radius 1 is 1.10 bits per heavy atom. The third kappa shape index (κ3) is 3.02. The lowest BCUT2D eigenvalue weighted by molar-refractivity contribution is 0.360. The number of aromatic nitrogens is 3. The highest BCUT2D eigenvalue weighted by atomic mass is 79.9. The van der Waals surface area contributed by atoms with E-state index < -0.39 is 0 Å². The van der Waals surface area contributed by atoms with Gasteiger partial charge in [0.1, 0.15) is 16.7 Å². The normalized spacial score (nSPS) is 17.2. The van der Waals surface area contributed by atoms with E-state index in [1.807, 2.05) is 17.0 Å². The van der Waals surface area contributed by atoms with Gasteiger partial charge in [-0.3, -0.25) is 0 Å². The summed E-state index contributed by atoms with van der Waals surface area (Å²) in [7, 11) is 2.18. The Hall–Kier alpha value is -1.40. The van der Waals surface area contributed by atoms with Gasteiger partial charge in [-0.25, -0.2) is 9.97 Å². The van der Waals surface area contributed by atoms with Crippen LogP contribution in [-0.4, -0.2) is 52.7 Å². The molecule has 0 aliphatic carbocycles. The number of halogens is 1. The maximum Gasteiger partial charge on any atom is 0.128 e. The number of pyridine rings is 1. The number of rotatable bonds is 2. The summed E-state index contributed by atoms with van der Waals surface area (Å²) in [5, 5.41) is 0. The fourth-order valence-electron chi connectivity index (χ4n) is 2.43. The molecule has 2 aromatic rings. The third-order valence-electron chi connectivity index (χ3n) is 3.62. The van der Waals surface area contributed by atoms with Gasteiger partial charge in [0, 0.05) is 25.8 Å². The minimum Gasteiger partial charge on any atom is -0.355 e. The number of nitrogens with zero attached hydrogens (tertiary/aromatic N) is 5. The molecule has 0 radical (unpaired) electrons.